The minimum absolute atomic E-state index is 0.00499. The number of hydrogen-bond acceptors (Lipinski definition) is 5. The van der Waals surface area contributed by atoms with Crippen molar-refractivity contribution in [3.8, 4) is 11.5 Å². The van der Waals surface area contributed by atoms with Crippen LogP contribution in [0.2, 0.25) is 0 Å². The van der Waals surface area contributed by atoms with Gasteiger partial charge in [0.1, 0.15) is 11.5 Å². The molecule has 0 fully saturated rings. The van der Waals surface area contributed by atoms with Crippen LogP contribution < -0.4 is 19.5 Å². The molecule has 8 heteroatoms. The molecule has 7 nitrogen and oxygen atoms in total. The summed E-state index contributed by atoms with van der Waals surface area (Å²) in [5, 5.41) is 2.84. The van der Waals surface area contributed by atoms with Crippen molar-refractivity contribution in [3.63, 3.8) is 0 Å². The summed E-state index contributed by atoms with van der Waals surface area (Å²) in [6, 6.07) is 13.0. The second-order valence-corrected chi connectivity index (χ2v) is 7.62. The molecule has 0 heterocycles. The Morgan fingerprint density at radius 3 is 2.41 bits per heavy atom. The number of rotatable bonds is 9. The minimum atomic E-state index is -3.62. The van der Waals surface area contributed by atoms with E-state index in [4.69, 9.17) is 9.47 Å². The molecule has 2 rings (SSSR count). The quantitative estimate of drug-likeness (QED) is 0.683. The van der Waals surface area contributed by atoms with Crippen LogP contribution in [0.25, 0.3) is 0 Å². The summed E-state index contributed by atoms with van der Waals surface area (Å²) in [6.07, 6.45) is 0.0166. The third-order valence-electron chi connectivity index (χ3n) is 3.98. The number of amides is 1. The van der Waals surface area contributed by atoms with E-state index < -0.39 is 10.0 Å². The Kier molecular flexibility index (Phi) is 7.20. The summed E-state index contributed by atoms with van der Waals surface area (Å²) < 4.78 is 37.2. The van der Waals surface area contributed by atoms with Crippen LogP contribution in [0, 0.1) is 0 Å². The summed E-state index contributed by atoms with van der Waals surface area (Å²) in [5.74, 6) is 1.01. The molecule has 2 aromatic rings. The second-order valence-electron chi connectivity index (χ2n) is 5.86. The molecular weight excluding hydrogens is 368 g/mol. The van der Waals surface area contributed by atoms with E-state index in [9.17, 15) is 13.2 Å². The van der Waals surface area contributed by atoms with Gasteiger partial charge in [-0.3, -0.25) is 4.79 Å². The maximum absolute atomic E-state index is 12.2. The molecule has 2 aromatic carbocycles. The Morgan fingerprint density at radius 2 is 1.78 bits per heavy atom. The lowest BCUT2D eigenvalue weighted by atomic mass is 10.1. The topological polar surface area (TPSA) is 93.7 Å². The Labute approximate surface area is 159 Å². The first-order valence-corrected chi connectivity index (χ1v) is 9.91. The van der Waals surface area contributed by atoms with Gasteiger partial charge in [0.15, 0.2) is 0 Å². The zero-order chi connectivity index (χ0) is 19.9. The fourth-order valence-corrected chi connectivity index (χ4v) is 3.60. The SMILES string of the molecule is COc1ccc(OC)c([C@@H](C)NC(=O)CCNS(=O)(=O)c2ccccc2)c1. The van der Waals surface area contributed by atoms with Gasteiger partial charge in [-0.15, -0.1) is 0 Å². The van der Waals surface area contributed by atoms with E-state index in [2.05, 4.69) is 10.0 Å². The number of sulfonamides is 1. The first-order chi connectivity index (χ1) is 12.9. The Balaban J connectivity index is 1.92. The van der Waals surface area contributed by atoms with Gasteiger partial charge >= 0.3 is 0 Å². The molecule has 0 radical (unpaired) electrons. The molecule has 2 N–H and O–H groups in total. The number of methoxy groups -OCH3 is 2. The van der Waals surface area contributed by atoms with Gasteiger partial charge in [0.05, 0.1) is 25.2 Å². The third-order valence-corrected chi connectivity index (χ3v) is 5.46. The Morgan fingerprint density at radius 1 is 1.07 bits per heavy atom. The molecule has 0 unspecified atom stereocenters. The summed E-state index contributed by atoms with van der Waals surface area (Å²) in [5.41, 5.74) is 0.773. The number of carbonyl (C=O) groups is 1. The van der Waals surface area contributed by atoms with Crippen molar-refractivity contribution in [2.24, 2.45) is 0 Å². The van der Waals surface area contributed by atoms with E-state index in [0.717, 1.165) is 5.56 Å². The third kappa shape index (κ3) is 5.70. The van der Waals surface area contributed by atoms with Gasteiger partial charge in [0.2, 0.25) is 15.9 Å². The smallest absolute Gasteiger partial charge is 0.240 e. The maximum atomic E-state index is 12.2. The predicted octanol–water partition coefficient (Wildman–Crippen LogP) is 2.25. The van der Waals surface area contributed by atoms with Crippen LogP contribution >= 0.6 is 0 Å². The van der Waals surface area contributed by atoms with Gasteiger partial charge in [-0.2, -0.15) is 0 Å². The predicted molar refractivity (Wildman–Crippen MR) is 102 cm³/mol. The van der Waals surface area contributed by atoms with Crippen molar-refractivity contribution >= 4 is 15.9 Å². The van der Waals surface area contributed by atoms with Gasteiger partial charge in [-0.25, -0.2) is 13.1 Å². The standard InChI is InChI=1S/C19H24N2O5S/c1-14(17-13-15(25-2)9-10-18(17)26-3)21-19(22)11-12-20-27(23,24)16-7-5-4-6-8-16/h4-10,13-14,20H,11-12H2,1-3H3,(H,21,22)/t14-/m1/s1. The zero-order valence-corrected chi connectivity index (χ0v) is 16.4. The fourth-order valence-electron chi connectivity index (χ4n) is 2.55. The molecule has 0 saturated carbocycles. The highest BCUT2D eigenvalue weighted by atomic mass is 32.2. The molecule has 0 spiro atoms. The average molecular weight is 392 g/mol. The van der Waals surface area contributed by atoms with Gasteiger partial charge in [0.25, 0.3) is 0 Å². The average Bonchev–Trinajstić information content (AvgIpc) is 2.67. The largest absolute Gasteiger partial charge is 0.497 e. The first kappa shape index (κ1) is 20.7. The molecule has 146 valence electrons. The highest BCUT2D eigenvalue weighted by Crippen LogP contribution is 2.29. The molecule has 0 aromatic heterocycles. The van der Waals surface area contributed by atoms with E-state index in [1.54, 1.807) is 50.6 Å². The van der Waals surface area contributed by atoms with E-state index in [1.165, 1.54) is 12.1 Å². The van der Waals surface area contributed by atoms with Crippen molar-refractivity contribution in [2.45, 2.75) is 24.3 Å². The van der Waals surface area contributed by atoms with Gasteiger partial charge in [0, 0.05) is 18.5 Å². The molecular formula is C19H24N2O5S. The molecule has 0 bridgehead atoms. The molecule has 0 saturated heterocycles. The van der Waals surface area contributed by atoms with Crippen molar-refractivity contribution < 1.29 is 22.7 Å². The van der Waals surface area contributed by atoms with Crippen molar-refractivity contribution in [1.29, 1.82) is 0 Å². The van der Waals surface area contributed by atoms with Crippen molar-refractivity contribution in [3.05, 3.63) is 54.1 Å². The van der Waals surface area contributed by atoms with Crippen molar-refractivity contribution in [1.82, 2.24) is 10.0 Å². The van der Waals surface area contributed by atoms with Crippen LogP contribution in [0.15, 0.2) is 53.4 Å². The van der Waals surface area contributed by atoms with Crippen LogP contribution in [0.5, 0.6) is 11.5 Å². The normalized spacial score (nSPS) is 12.3. The number of carbonyl (C=O) groups excluding carboxylic acids is 1. The van der Waals surface area contributed by atoms with E-state index in [-0.39, 0.29) is 29.8 Å². The monoisotopic (exact) mass is 392 g/mol. The van der Waals surface area contributed by atoms with Gasteiger partial charge in [-0.05, 0) is 37.3 Å². The van der Waals surface area contributed by atoms with E-state index in [1.807, 2.05) is 6.92 Å². The molecule has 1 amide bonds. The Bertz CT molecular complexity index is 869. The zero-order valence-electron chi connectivity index (χ0n) is 15.6. The van der Waals surface area contributed by atoms with E-state index in [0.29, 0.717) is 11.5 Å². The minimum Gasteiger partial charge on any atom is -0.497 e. The highest BCUT2D eigenvalue weighted by molar-refractivity contribution is 7.89. The lowest BCUT2D eigenvalue weighted by molar-refractivity contribution is -0.121. The molecule has 27 heavy (non-hydrogen) atoms. The molecule has 0 aliphatic heterocycles. The molecule has 0 aliphatic rings. The summed E-state index contributed by atoms with van der Waals surface area (Å²) in [7, 11) is -0.506. The van der Waals surface area contributed by atoms with Crippen LogP contribution in [0.1, 0.15) is 24.9 Å². The number of hydrogen-bond donors (Lipinski definition) is 2. The fraction of sp³-hybridized carbons (Fsp3) is 0.316. The van der Waals surface area contributed by atoms with Gasteiger partial charge < -0.3 is 14.8 Å². The summed E-state index contributed by atoms with van der Waals surface area (Å²) in [6.45, 7) is 1.83. The summed E-state index contributed by atoms with van der Waals surface area (Å²) >= 11 is 0. The lowest BCUT2D eigenvalue weighted by Crippen LogP contribution is -2.32. The lowest BCUT2D eigenvalue weighted by Gasteiger charge is -2.18. The van der Waals surface area contributed by atoms with Crippen LogP contribution in [0.3, 0.4) is 0 Å². The first-order valence-electron chi connectivity index (χ1n) is 8.43. The van der Waals surface area contributed by atoms with Crippen LogP contribution in [0.4, 0.5) is 0 Å². The van der Waals surface area contributed by atoms with E-state index >= 15 is 0 Å². The van der Waals surface area contributed by atoms with Crippen molar-refractivity contribution in [2.75, 3.05) is 20.8 Å². The number of benzene rings is 2. The molecule has 1 atom stereocenters. The number of nitrogens with one attached hydrogen (secondary N) is 2. The molecule has 0 aliphatic carbocycles. The van der Waals surface area contributed by atoms with Crippen LogP contribution in [-0.4, -0.2) is 35.1 Å². The second kappa shape index (κ2) is 9.38. The summed E-state index contributed by atoms with van der Waals surface area (Å²) in [4.78, 5) is 12.4. The number of ether oxygens (including phenoxy) is 2. The van der Waals surface area contributed by atoms with Crippen LogP contribution in [-0.2, 0) is 14.8 Å². The Hall–Kier alpha value is -2.58. The highest BCUT2D eigenvalue weighted by Gasteiger charge is 2.17. The maximum Gasteiger partial charge on any atom is 0.240 e. The van der Waals surface area contributed by atoms with Gasteiger partial charge in [-0.1, -0.05) is 18.2 Å².